The number of nitriles is 1. The molecule has 0 aliphatic carbocycles. The summed E-state index contributed by atoms with van der Waals surface area (Å²) in [4.78, 5) is 10.7. The first-order chi connectivity index (χ1) is 16.4. The zero-order chi connectivity index (χ0) is 24.9. The number of hydrogen-bond acceptors (Lipinski definition) is 7. The number of ether oxygens (including phenoxy) is 2. The Morgan fingerprint density at radius 2 is 1.66 bits per heavy atom. The van der Waals surface area contributed by atoms with E-state index in [1.807, 2.05) is 18.2 Å². The van der Waals surface area contributed by atoms with Crippen LogP contribution in [-0.4, -0.2) is 30.5 Å². The first-order valence-corrected chi connectivity index (χ1v) is 10.3. The first-order valence-electron chi connectivity index (χ1n) is 10.3. The van der Waals surface area contributed by atoms with E-state index in [0.29, 0.717) is 29.2 Å². The van der Waals surface area contributed by atoms with Crippen LogP contribution in [-0.2, 0) is 11.4 Å². The molecule has 176 valence electrons. The summed E-state index contributed by atoms with van der Waals surface area (Å²) in [7, 11) is 1.00. The summed E-state index contributed by atoms with van der Waals surface area (Å²) in [5.41, 5.74) is 2.14. The van der Waals surface area contributed by atoms with Crippen LogP contribution in [0.3, 0.4) is 0 Å². The fourth-order valence-electron chi connectivity index (χ4n) is 2.96. The van der Waals surface area contributed by atoms with Crippen LogP contribution >= 0.6 is 0 Å². The van der Waals surface area contributed by atoms with Crippen molar-refractivity contribution in [2.75, 3.05) is 13.7 Å². The molecule has 3 aromatic carbocycles. The van der Waals surface area contributed by atoms with Crippen LogP contribution in [0.15, 0.2) is 72.8 Å². The Balaban J connectivity index is 0.00000199. The topological polar surface area (TPSA) is 126 Å². The number of rotatable bonds is 10. The van der Waals surface area contributed by atoms with Gasteiger partial charge < -0.3 is 29.9 Å². The Hall–Kier alpha value is -3.22. The molecule has 1 atom stereocenters. The SMILES string of the molecule is CO.N#CC(CC(=O)[O-])c1ccc(OCc2ccc(OCC(=N)c3cccc(F)c3)cc2)cc1.[Na+]. The van der Waals surface area contributed by atoms with Crippen LogP contribution in [0.2, 0.25) is 0 Å². The molecule has 0 radical (unpaired) electrons. The van der Waals surface area contributed by atoms with Gasteiger partial charge in [0, 0.05) is 25.1 Å². The molecular formula is C26H24FN2NaO5. The van der Waals surface area contributed by atoms with Gasteiger partial charge in [0.1, 0.15) is 30.5 Å². The molecule has 0 bridgehead atoms. The van der Waals surface area contributed by atoms with Crippen LogP contribution in [0.5, 0.6) is 11.5 Å². The Bertz CT molecular complexity index is 1130. The second kappa shape index (κ2) is 15.6. The molecule has 0 aliphatic rings. The summed E-state index contributed by atoms with van der Waals surface area (Å²) in [6.07, 6.45) is -0.354. The van der Waals surface area contributed by atoms with Crippen LogP contribution in [0.1, 0.15) is 29.0 Å². The first kappa shape index (κ1) is 29.8. The zero-order valence-electron chi connectivity index (χ0n) is 19.5. The quantitative estimate of drug-likeness (QED) is 0.312. The Kier molecular flexibility index (Phi) is 13.3. The van der Waals surface area contributed by atoms with Gasteiger partial charge in [-0.05, 0) is 47.5 Å². The van der Waals surface area contributed by atoms with Gasteiger partial charge in [0.2, 0.25) is 0 Å². The number of carboxylic acids is 1. The Labute approximate surface area is 225 Å². The maximum absolute atomic E-state index is 13.3. The van der Waals surface area contributed by atoms with Crippen LogP contribution in [0, 0.1) is 22.6 Å². The van der Waals surface area contributed by atoms with Gasteiger partial charge in [-0.25, -0.2) is 4.39 Å². The van der Waals surface area contributed by atoms with E-state index in [0.717, 1.165) is 12.7 Å². The van der Waals surface area contributed by atoms with Crippen molar-refractivity contribution in [3.8, 4) is 17.6 Å². The minimum Gasteiger partial charge on any atom is -0.550 e. The van der Waals surface area contributed by atoms with Gasteiger partial charge in [0.05, 0.1) is 17.7 Å². The maximum Gasteiger partial charge on any atom is 1.00 e. The summed E-state index contributed by atoms with van der Waals surface area (Å²) in [6, 6.07) is 21.7. The third kappa shape index (κ3) is 9.89. The van der Waals surface area contributed by atoms with Crippen molar-refractivity contribution in [1.82, 2.24) is 0 Å². The van der Waals surface area contributed by atoms with E-state index in [1.54, 1.807) is 48.5 Å². The zero-order valence-corrected chi connectivity index (χ0v) is 21.5. The third-order valence-electron chi connectivity index (χ3n) is 4.69. The van der Waals surface area contributed by atoms with Crippen molar-refractivity contribution >= 4 is 11.7 Å². The fourth-order valence-corrected chi connectivity index (χ4v) is 2.96. The average molecular weight is 486 g/mol. The third-order valence-corrected chi connectivity index (χ3v) is 4.69. The number of carbonyl (C=O) groups excluding carboxylic acids is 1. The van der Waals surface area contributed by atoms with E-state index in [-0.39, 0.29) is 48.3 Å². The molecule has 9 heteroatoms. The predicted octanol–water partition coefficient (Wildman–Crippen LogP) is 0.211. The van der Waals surface area contributed by atoms with Gasteiger partial charge in [0.15, 0.2) is 0 Å². The van der Waals surface area contributed by atoms with E-state index in [4.69, 9.17) is 25.3 Å². The minimum atomic E-state index is -1.27. The molecule has 0 aromatic heterocycles. The molecule has 0 aliphatic heterocycles. The number of hydrogen-bond donors (Lipinski definition) is 2. The standard InChI is InChI=1S/C25H21FN2O4.CH4O.Na/c26-21-3-1-2-19(12-21)24(28)16-32-22-8-4-17(5-9-22)15-31-23-10-6-18(7-11-23)20(14-27)13-25(29)30;1-2;/h1-12,20,28H,13,15-16H2,(H,29,30);2H,1H3;/q;;+1/p-1. The fraction of sp³-hybridized carbons (Fsp3) is 0.192. The molecular weight excluding hydrogens is 462 g/mol. The van der Waals surface area contributed by atoms with Crippen molar-refractivity contribution in [3.05, 3.63) is 95.3 Å². The van der Waals surface area contributed by atoms with Crippen molar-refractivity contribution in [2.45, 2.75) is 18.9 Å². The van der Waals surface area contributed by atoms with Crippen molar-refractivity contribution < 1.29 is 58.4 Å². The number of halogens is 1. The molecule has 0 saturated carbocycles. The van der Waals surface area contributed by atoms with Crippen LogP contribution < -0.4 is 44.1 Å². The van der Waals surface area contributed by atoms with E-state index in [2.05, 4.69) is 0 Å². The number of nitrogens with zero attached hydrogens (tertiary/aromatic N) is 1. The van der Waals surface area contributed by atoms with Gasteiger partial charge in [-0.1, -0.05) is 36.4 Å². The molecule has 0 saturated heterocycles. The predicted molar refractivity (Wildman–Crippen MR) is 122 cm³/mol. The number of nitrogens with one attached hydrogen (secondary N) is 1. The summed E-state index contributed by atoms with van der Waals surface area (Å²) in [5.74, 6) is -1.26. The molecule has 0 amide bonds. The number of aliphatic hydroxyl groups excluding tert-OH is 1. The molecule has 0 fully saturated rings. The molecule has 1 unspecified atom stereocenters. The second-order valence-corrected chi connectivity index (χ2v) is 7.04. The maximum atomic E-state index is 13.3. The van der Waals surface area contributed by atoms with Gasteiger partial charge in [-0.3, -0.25) is 0 Å². The van der Waals surface area contributed by atoms with Gasteiger partial charge in [-0.15, -0.1) is 0 Å². The number of carbonyl (C=O) groups is 1. The molecule has 35 heavy (non-hydrogen) atoms. The van der Waals surface area contributed by atoms with Crippen LogP contribution in [0.4, 0.5) is 4.39 Å². The minimum absolute atomic E-state index is 0. The molecule has 2 N–H and O–H groups in total. The molecule has 3 rings (SSSR count). The normalized spacial score (nSPS) is 10.5. The smallest absolute Gasteiger partial charge is 0.550 e. The summed E-state index contributed by atoms with van der Waals surface area (Å²) >= 11 is 0. The summed E-state index contributed by atoms with van der Waals surface area (Å²) in [6.45, 7) is 0.326. The number of benzene rings is 3. The summed E-state index contributed by atoms with van der Waals surface area (Å²) < 4.78 is 24.6. The number of aliphatic hydroxyl groups is 1. The van der Waals surface area contributed by atoms with Crippen molar-refractivity contribution in [1.29, 1.82) is 10.7 Å². The Morgan fingerprint density at radius 3 is 2.23 bits per heavy atom. The van der Waals surface area contributed by atoms with Crippen molar-refractivity contribution in [2.24, 2.45) is 0 Å². The van der Waals surface area contributed by atoms with E-state index in [9.17, 15) is 14.3 Å². The number of aliphatic carboxylic acids is 1. The van der Waals surface area contributed by atoms with E-state index in [1.165, 1.54) is 12.1 Å². The van der Waals surface area contributed by atoms with Gasteiger partial charge in [-0.2, -0.15) is 5.26 Å². The molecule has 0 heterocycles. The van der Waals surface area contributed by atoms with Gasteiger partial charge >= 0.3 is 29.6 Å². The summed E-state index contributed by atoms with van der Waals surface area (Å²) in [5, 5.41) is 34.8. The van der Waals surface area contributed by atoms with E-state index < -0.39 is 17.7 Å². The Morgan fingerprint density at radius 1 is 1.06 bits per heavy atom. The molecule has 3 aromatic rings. The second-order valence-electron chi connectivity index (χ2n) is 7.04. The van der Waals surface area contributed by atoms with E-state index >= 15 is 0 Å². The largest absolute Gasteiger partial charge is 1.00 e. The van der Waals surface area contributed by atoms with Crippen molar-refractivity contribution in [3.63, 3.8) is 0 Å². The monoisotopic (exact) mass is 486 g/mol. The number of carboxylic acid groups (broad SMARTS) is 1. The average Bonchev–Trinajstić information content (AvgIpc) is 2.86. The molecule has 7 nitrogen and oxygen atoms in total. The molecule has 0 spiro atoms. The van der Waals surface area contributed by atoms with Gasteiger partial charge in [0.25, 0.3) is 0 Å². The van der Waals surface area contributed by atoms with Crippen LogP contribution in [0.25, 0.3) is 0 Å².